The topological polar surface area (TPSA) is 38.0 Å². The molecule has 0 aliphatic rings. The summed E-state index contributed by atoms with van der Waals surface area (Å²) in [5.41, 5.74) is 5.35. The van der Waals surface area contributed by atoms with E-state index in [4.69, 9.17) is 5.73 Å². The van der Waals surface area contributed by atoms with Gasteiger partial charge in [-0.2, -0.15) is 0 Å². The van der Waals surface area contributed by atoms with Crippen molar-refractivity contribution in [3.8, 4) is 0 Å². The molecule has 0 aliphatic carbocycles. The van der Waals surface area contributed by atoms with Crippen LogP contribution in [0, 0.1) is 0 Å². The van der Waals surface area contributed by atoms with Gasteiger partial charge in [-0.15, -0.1) is 0 Å². The molecular formula is C8H20N2. The van der Waals surface area contributed by atoms with Gasteiger partial charge in [0.15, 0.2) is 0 Å². The molecule has 0 saturated carbocycles. The first-order chi connectivity index (χ1) is 4.81. The van der Waals surface area contributed by atoms with Crippen molar-refractivity contribution in [1.82, 2.24) is 5.32 Å². The fourth-order valence-corrected chi connectivity index (χ4v) is 0.762. The second-order valence-electron chi connectivity index (χ2n) is 2.76. The summed E-state index contributed by atoms with van der Waals surface area (Å²) < 4.78 is 0. The Hall–Kier alpha value is -0.0800. The SMILES string of the molecule is CCC(C)NCCCCN. The third kappa shape index (κ3) is 6.05. The van der Waals surface area contributed by atoms with Crippen LogP contribution in [0.15, 0.2) is 0 Å². The Morgan fingerprint density at radius 3 is 2.60 bits per heavy atom. The molecule has 0 spiro atoms. The summed E-state index contributed by atoms with van der Waals surface area (Å²) >= 11 is 0. The minimum atomic E-state index is 0.665. The van der Waals surface area contributed by atoms with Gasteiger partial charge in [0.2, 0.25) is 0 Å². The minimum absolute atomic E-state index is 0.665. The van der Waals surface area contributed by atoms with Gasteiger partial charge in [-0.1, -0.05) is 6.92 Å². The molecule has 3 N–H and O–H groups in total. The summed E-state index contributed by atoms with van der Waals surface area (Å²) in [7, 11) is 0. The highest BCUT2D eigenvalue weighted by molar-refractivity contribution is 4.56. The molecule has 0 radical (unpaired) electrons. The molecule has 0 aromatic heterocycles. The lowest BCUT2D eigenvalue weighted by Gasteiger charge is -2.09. The van der Waals surface area contributed by atoms with E-state index in [1.54, 1.807) is 0 Å². The number of nitrogens with two attached hydrogens (primary N) is 1. The summed E-state index contributed by atoms with van der Waals surface area (Å²) in [6, 6.07) is 0.665. The Morgan fingerprint density at radius 1 is 1.40 bits per heavy atom. The van der Waals surface area contributed by atoms with E-state index in [2.05, 4.69) is 19.2 Å². The van der Waals surface area contributed by atoms with Crippen LogP contribution in [0.1, 0.15) is 33.1 Å². The summed E-state index contributed by atoms with van der Waals surface area (Å²) in [6.45, 7) is 6.34. The lowest BCUT2D eigenvalue weighted by Crippen LogP contribution is -2.26. The second-order valence-corrected chi connectivity index (χ2v) is 2.76. The summed E-state index contributed by atoms with van der Waals surface area (Å²) in [5, 5.41) is 3.41. The fraction of sp³-hybridized carbons (Fsp3) is 1.00. The van der Waals surface area contributed by atoms with Crippen LogP contribution in [-0.4, -0.2) is 19.1 Å². The van der Waals surface area contributed by atoms with Crippen molar-refractivity contribution < 1.29 is 0 Å². The van der Waals surface area contributed by atoms with Gasteiger partial charge in [0.1, 0.15) is 0 Å². The van der Waals surface area contributed by atoms with E-state index >= 15 is 0 Å². The Morgan fingerprint density at radius 2 is 2.10 bits per heavy atom. The van der Waals surface area contributed by atoms with Gasteiger partial charge in [-0.25, -0.2) is 0 Å². The largest absolute Gasteiger partial charge is 0.330 e. The number of unbranched alkanes of at least 4 members (excludes halogenated alkanes) is 1. The number of rotatable bonds is 6. The summed E-state index contributed by atoms with van der Waals surface area (Å²) in [4.78, 5) is 0. The third-order valence-electron chi connectivity index (χ3n) is 1.74. The molecule has 2 nitrogen and oxygen atoms in total. The predicted molar refractivity (Wildman–Crippen MR) is 46.0 cm³/mol. The van der Waals surface area contributed by atoms with Crippen LogP contribution in [0.4, 0.5) is 0 Å². The molecule has 2 heteroatoms. The number of hydrogen-bond donors (Lipinski definition) is 2. The fourth-order valence-electron chi connectivity index (χ4n) is 0.762. The van der Waals surface area contributed by atoms with Crippen molar-refractivity contribution in [2.45, 2.75) is 39.2 Å². The normalized spacial score (nSPS) is 13.5. The maximum Gasteiger partial charge on any atom is 0.00360 e. The lowest BCUT2D eigenvalue weighted by molar-refractivity contribution is 0.518. The lowest BCUT2D eigenvalue weighted by atomic mass is 10.2. The molecule has 62 valence electrons. The van der Waals surface area contributed by atoms with Crippen LogP contribution in [-0.2, 0) is 0 Å². The van der Waals surface area contributed by atoms with Crippen LogP contribution >= 0.6 is 0 Å². The van der Waals surface area contributed by atoms with Gasteiger partial charge in [-0.3, -0.25) is 0 Å². The monoisotopic (exact) mass is 144 g/mol. The van der Waals surface area contributed by atoms with Crippen molar-refractivity contribution >= 4 is 0 Å². The third-order valence-corrected chi connectivity index (χ3v) is 1.74. The minimum Gasteiger partial charge on any atom is -0.330 e. The van der Waals surface area contributed by atoms with Gasteiger partial charge in [0.05, 0.1) is 0 Å². The molecule has 0 saturated heterocycles. The smallest absolute Gasteiger partial charge is 0.00360 e. The average Bonchev–Trinajstić information content (AvgIpc) is 1.98. The maximum absolute atomic E-state index is 5.35. The zero-order chi connectivity index (χ0) is 7.82. The zero-order valence-corrected chi connectivity index (χ0v) is 7.19. The van der Waals surface area contributed by atoms with E-state index in [1.807, 2.05) is 0 Å². The van der Waals surface area contributed by atoms with Crippen molar-refractivity contribution in [2.24, 2.45) is 5.73 Å². The molecule has 0 aliphatic heterocycles. The molecular weight excluding hydrogens is 124 g/mol. The molecule has 10 heavy (non-hydrogen) atoms. The van der Waals surface area contributed by atoms with Crippen LogP contribution in [0.5, 0.6) is 0 Å². The molecule has 0 bridgehead atoms. The van der Waals surface area contributed by atoms with Crippen LogP contribution in [0.3, 0.4) is 0 Å². The summed E-state index contributed by atoms with van der Waals surface area (Å²) in [6.07, 6.45) is 3.56. The predicted octanol–water partition coefficient (Wildman–Crippen LogP) is 1.11. The standard InChI is InChI=1S/C8H20N2/c1-3-8(2)10-7-5-4-6-9/h8,10H,3-7,9H2,1-2H3. The first-order valence-corrected chi connectivity index (χ1v) is 4.24. The van der Waals surface area contributed by atoms with Gasteiger partial charge >= 0.3 is 0 Å². The van der Waals surface area contributed by atoms with Gasteiger partial charge < -0.3 is 11.1 Å². The molecule has 0 amide bonds. The Bertz CT molecular complexity index is 64.3. The quantitative estimate of drug-likeness (QED) is 0.548. The van der Waals surface area contributed by atoms with Gasteiger partial charge in [0.25, 0.3) is 0 Å². The van der Waals surface area contributed by atoms with E-state index in [9.17, 15) is 0 Å². The highest BCUT2D eigenvalue weighted by Gasteiger charge is 1.94. The van der Waals surface area contributed by atoms with Gasteiger partial charge in [-0.05, 0) is 39.3 Å². The number of nitrogens with one attached hydrogen (secondary N) is 1. The molecule has 0 heterocycles. The van der Waals surface area contributed by atoms with Crippen molar-refractivity contribution in [3.63, 3.8) is 0 Å². The van der Waals surface area contributed by atoms with E-state index in [1.165, 1.54) is 12.8 Å². The summed E-state index contributed by atoms with van der Waals surface area (Å²) in [5.74, 6) is 0. The van der Waals surface area contributed by atoms with Gasteiger partial charge in [0, 0.05) is 6.04 Å². The highest BCUT2D eigenvalue weighted by Crippen LogP contribution is 1.89. The zero-order valence-electron chi connectivity index (χ0n) is 7.19. The molecule has 0 fully saturated rings. The Balaban J connectivity index is 2.89. The Labute approximate surface area is 64.2 Å². The molecule has 0 rings (SSSR count). The second kappa shape index (κ2) is 7.03. The van der Waals surface area contributed by atoms with Crippen molar-refractivity contribution in [1.29, 1.82) is 0 Å². The first-order valence-electron chi connectivity index (χ1n) is 4.24. The molecule has 0 aromatic rings. The maximum atomic E-state index is 5.35. The van der Waals surface area contributed by atoms with Crippen LogP contribution < -0.4 is 11.1 Å². The molecule has 1 atom stereocenters. The molecule has 0 aromatic carbocycles. The van der Waals surface area contributed by atoms with E-state index < -0.39 is 0 Å². The average molecular weight is 144 g/mol. The van der Waals surface area contributed by atoms with Crippen LogP contribution in [0.2, 0.25) is 0 Å². The first kappa shape index (κ1) is 9.92. The van der Waals surface area contributed by atoms with E-state index in [0.717, 1.165) is 19.5 Å². The van der Waals surface area contributed by atoms with E-state index in [0.29, 0.717) is 6.04 Å². The highest BCUT2D eigenvalue weighted by atomic mass is 14.9. The Kier molecular flexibility index (Phi) is 6.98. The van der Waals surface area contributed by atoms with E-state index in [-0.39, 0.29) is 0 Å². The van der Waals surface area contributed by atoms with Crippen molar-refractivity contribution in [2.75, 3.05) is 13.1 Å². The molecule has 1 unspecified atom stereocenters. The number of hydrogen-bond acceptors (Lipinski definition) is 2. The van der Waals surface area contributed by atoms with Crippen LogP contribution in [0.25, 0.3) is 0 Å². The van der Waals surface area contributed by atoms with Crippen molar-refractivity contribution in [3.05, 3.63) is 0 Å².